The van der Waals surface area contributed by atoms with E-state index in [0.717, 1.165) is 17.7 Å². The summed E-state index contributed by atoms with van der Waals surface area (Å²) >= 11 is 11.9. The van der Waals surface area contributed by atoms with Crippen molar-refractivity contribution in [3.63, 3.8) is 0 Å². The van der Waals surface area contributed by atoms with E-state index in [1.165, 1.54) is 0 Å². The van der Waals surface area contributed by atoms with Crippen LogP contribution in [0.1, 0.15) is 28.9 Å². The summed E-state index contributed by atoms with van der Waals surface area (Å²) in [4.78, 5) is 23.2. The molecule has 3 N–H and O–H groups in total. The van der Waals surface area contributed by atoms with Gasteiger partial charge in [-0.2, -0.15) is 5.10 Å². The number of aromatic nitrogens is 2. The normalized spacial score (nSPS) is 10.6. The quantitative estimate of drug-likeness (QED) is 0.603. The Morgan fingerprint density at radius 1 is 1.04 bits per heavy atom. The van der Waals surface area contributed by atoms with Crippen LogP contribution in [-0.4, -0.2) is 21.6 Å². The Morgan fingerprint density at radius 3 is 2.43 bits per heavy atom. The predicted octanol–water partition coefficient (Wildman–Crippen LogP) is 4.24. The number of nitrogens with one attached hydrogen (secondary N) is 1. The van der Waals surface area contributed by atoms with E-state index in [1.807, 2.05) is 12.1 Å². The third kappa shape index (κ3) is 5.12. The number of carbonyl (C=O) groups is 2. The van der Waals surface area contributed by atoms with Crippen LogP contribution in [0.25, 0.3) is 5.69 Å². The maximum atomic E-state index is 12.1. The minimum Gasteiger partial charge on any atom is -0.364 e. The van der Waals surface area contributed by atoms with E-state index < -0.39 is 5.91 Å². The number of anilines is 1. The smallest absolute Gasteiger partial charge is 0.269 e. The number of amides is 2. The number of rotatable bonds is 7. The lowest BCUT2D eigenvalue weighted by Crippen LogP contribution is -2.12. The van der Waals surface area contributed by atoms with Gasteiger partial charge in [-0.25, -0.2) is 4.68 Å². The zero-order valence-corrected chi connectivity index (χ0v) is 16.4. The van der Waals surface area contributed by atoms with Gasteiger partial charge >= 0.3 is 0 Å². The van der Waals surface area contributed by atoms with Gasteiger partial charge in [0.25, 0.3) is 5.91 Å². The number of nitrogens with two attached hydrogens (primary N) is 1. The van der Waals surface area contributed by atoms with Crippen molar-refractivity contribution in [3.8, 4) is 5.69 Å². The van der Waals surface area contributed by atoms with E-state index in [0.29, 0.717) is 28.6 Å². The Morgan fingerprint density at radius 2 is 1.79 bits per heavy atom. The van der Waals surface area contributed by atoms with Crippen LogP contribution in [0, 0.1) is 0 Å². The number of halogens is 2. The van der Waals surface area contributed by atoms with Crippen LogP contribution in [-0.2, 0) is 11.2 Å². The van der Waals surface area contributed by atoms with Crippen molar-refractivity contribution in [1.29, 1.82) is 0 Å². The van der Waals surface area contributed by atoms with Crippen LogP contribution in [0.5, 0.6) is 0 Å². The number of hydrogen-bond acceptors (Lipinski definition) is 3. The number of carbonyl (C=O) groups excluding carboxylic acids is 2. The standard InChI is InChI=1S/C20H18Cl2N4O2/c21-16-9-4-13(12-17(16)22)2-1-3-19(27)24-14-5-7-15(8-6-14)26-11-10-18(25-26)20(23)28/h4-12H,1-3H2,(H2,23,28)(H,24,27). The third-order valence-electron chi connectivity index (χ3n) is 4.11. The Kier molecular flexibility index (Phi) is 6.34. The topological polar surface area (TPSA) is 90.0 Å². The minimum absolute atomic E-state index is 0.0667. The first-order chi connectivity index (χ1) is 13.4. The van der Waals surface area contributed by atoms with Gasteiger partial charge in [0.05, 0.1) is 15.7 Å². The highest BCUT2D eigenvalue weighted by Crippen LogP contribution is 2.23. The fraction of sp³-hybridized carbons (Fsp3) is 0.150. The molecule has 0 radical (unpaired) electrons. The van der Waals surface area contributed by atoms with E-state index in [2.05, 4.69) is 10.4 Å². The summed E-state index contributed by atoms with van der Waals surface area (Å²) in [5.41, 5.74) is 7.88. The summed E-state index contributed by atoms with van der Waals surface area (Å²) in [6.07, 6.45) is 3.48. The van der Waals surface area contributed by atoms with Crippen molar-refractivity contribution >= 4 is 40.7 Å². The molecule has 1 heterocycles. The van der Waals surface area contributed by atoms with Crippen molar-refractivity contribution < 1.29 is 9.59 Å². The lowest BCUT2D eigenvalue weighted by atomic mass is 10.1. The molecule has 0 aliphatic carbocycles. The van der Waals surface area contributed by atoms with Gasteiger partial charge in [-0.1, -0.05) is 29.3 Å². The van der Waals surface area contributed by atoms with Crippen LogP contribution in [0.15, 0.2) is 54.7 Å². The van der Waals surface area contributed by atoms with Gasteiger partial charge in [-0.3, -0.25) is 9.59 Å². The Balaban J connectivity index is 1.51. The van der Waals surface area contributed by atoms with Gasteiger partial charge in [0.2, 0.25) is 5.91 Å². The highest BCUT2D eigenvalue weighted by Gasteiger charge is 2.07. The molecular formula is C20H18Cl2N4O2. The van der Waals surface area contributed by atoms with Crippen LogP contribution in [0.4, 0.5) is 5.69 Å². The molecule has 28 heavy (non-hydrogen) atoms. The van der Waals surface area contributed by atoms with E-state index in [9.17, 15) is 9.59 Å². The van der Waals surface area contributed by atoms with E-state index in [-0.39, 0.29) is 11.6 Å². The molecule has 8 heteroatoms. The zero-order chi connectivity index (χ0) is 20.1. The molecule has 144 valence electrons. The lowest BCUT2D eigenvalue weighted by Gasteiger charge is -2.07. The average molecular weight is 417 g/mol. The molecular weight excluding hydrogens is 399 g/mol. The molecule has 0 saturated carbocycles. The summed E-state index contributed by atoms with van der Waals surface area (Å²) < 4.78 is 1.54. The molecule has 1 aromatic heterocycles. The van der Waals surface area contributed by atoms with Gasteiger partial charge in [0.15, 0.2) is 0 Å². The molecule has 3 rings (SSSR count). The van der Waals surface area contributed by atoms with Gasteiger partial charge in [-0.15, -0.1) is 0 Å². The van der Waals surface area contributed by atoms with E-state index >= 15 is 0 Å². The second-order valence-corrected chi connectivity index (χ2v) is 7.02. The number of primary amides is 1. The molecule has 6 nitrogen and oxygen atoms in total. The SMILES string of the molecule is NC(=O)c1ccn(-c2ccc(NC(=O)CCCc3ccc(Cl)c(Cl)c3)cc2)n1. The summed E-state index contributed by atoms with van der Waals surface area (Å²) in [7, 11) is 0. The highest BCUT2D eigenvalue weighted by atomic mass is 35.5. The molecule has 0 bridgehead atoms. The molecule has 2 amide bonds. The van der Waals surface area contributed by atoms with Crippen molar-refractivity contribution in [3.05, 3.63) is 76.0 Å². The average Bonchev–Trinajstić information content (AvgIpc) is 3.16. The fourth-order valence-corrected chi connectivity index (χ4v) is 2.99. The maximum absolute atomic E-state index is 12.1. The summed E-state index contributed by atoms with van der Waals surface area (Å²) in [6.45, 7) is 0. The first-order valence-electron chi connectivity index (χ1n) is 8.62. The van der Waals surface area contributed by atoms with Crippen LogP contribution in [0.2, 0.25) is 10.0 Å². The molecule has 2 aromatic carbocycles. The second kappa shape index (κ2) is 8.91. The maximum Gasteiger partial charge on any atom is 0.269 e. The van der Waals surface area contributed by atoms with Gasteiger partial charge < -0.3 is 11.1 Å². The van der Waals surface area contributed by atoms with Crippen molar-refractivity contribution in [2.24, 2.45) is 5.73 Å². The lowest BCUT2D eigenvalue weighted by molar-refractivity contribution is -0.116. The third-order valence-corrected chi connectivity index (χ3v) is 4.85. The van der Waals surface area contributed by atoms with Gasteiger partial charge in [0, 0.05) is 18.3 Å². The molecule has 0 aliphatic heterocycles. The number of benzene rings is 2. The Hall–Kier alpha value is -2.83. The number of hydrogen-bond donors (Lipinski definition) is 2. The molecule has 0 unspecified atom stereocenters. The van der Waals surface area contributed by atoms with Crippen LogP contribution in [0.3, 0.4) is 0 Å². The number of nitrogens with zero attached hydrogens (tertiary/aromatic N) is 2. The molecule has 0 atom stereocenters. The van der Waals surface area contributed by atoms with Crippen molar-refractivity contribution in [1.82, 2.24) is 9.78 Å². The number of aryl methyl sites for hydroxylation is 1. The van der Waals surface area contributed by atoms with Crippen molar-refractivity contribution in [2.75, 3.05) is 5.32 Å². The second-order valence-electron chi connectivity index (χ2n) is 6.21. The van der Waals surface area contributed by atoms with Gasteiger partial charge in [0.1, 0.15) is 5.69 Å². The van der Waals surface area contributed by atoms with Gasteiger partial charge in [-0.05, 0) is 60.9 Å². The summed E-state index contributed by atoms with van der Waals surface area (Å²) in [6, 6.07) is 14.2. The highest BCUT2D eigenvalue weighted by molar-refractivity contribution is 6.42. The summed E-state index contributed by atoms with van der Waals surface area (Å²) in [5.74, 6) is -0.647. The minimum atomic E-state index is -0.580. The Bertz CT molecular complexity index is 1000. The van der Waals surface area contributed by atoms with Crippen LogP contribution >= 0.6 is 23.2 Å². The first-order valence-corrected chi connectivity index (χ1v) is 9.37. The van der Waals surface area contributed by atoms with Crippen LogP contribution < -0.4 is 11.1 Å². The molecule has 0 saturated heterocycles. The molecule has 0 spiro atoms. The van der Waals surface area contributed by atoms with Crippen molar-refractivity contribution in [2.45, 2.75) is 19.3 Å². The monoisotopic (exact) mass is 416 g/mol. The summed E-state index contributed by atoms with van der Waals surface area (Å²) in [5, 5.41) is 7.99. The zero-order valence-electron chi connectivity index (χ0n) is 14.9. The molecule has 0 fully saturated rings. The van der Waals surface area contributed by atoms with E-state index in [1.54, 1.807) is 47.3 Å². The van der Waals surface area contributed by atoms with E-state index in [4.69, 9.17) is 28.9 Å². The Labute approximate surface area is 172 Å². The first kappa shape index (κ1) is 19.9. The molecule has 0 aliphatic rings. The fourth-order valence-electron chi connectivity index (χ4n) is 2.67. The predicted molar refractivity (Wildman–Crippen MR) is 110 cm³/mol. The molecule has 3 aromatic rings. The largest absolute Gasteiger partial charge is 0.364 e.